The Bertz CT molecular complexity index is 519. The van der Waals surface area contributed by atoms with E-state index >= 15 is 0 Å². The van der Waals surface area contributed by atoms with Gasteiger partial charge < -0.3 is 15.7 Å². The van der Waals surface area contributed by atoms with Gasteiger partial charge in [0, 0.05) is 12.1 Å². The zero-order valence-corrected chi connectivity index (χ0v) is 11.9. The van der Waals surface area contributed by atoms with E-state index in [1.807, 2.05) is 0 Å². The SMILES string of the molecule is NC(=O)C1CCCCN1C(=O)c1ccc(Br)c(O)c1. The minimum absolute atomic E-state index is 0.00140. The van der Waals surface area contributed by atoms with Crippen LogP contribution in [0.5, 0.6) is 5.75 Å². The van der Waals surface area contributed by atoms with Crippen molar-refractivity contribution in [2.24, 2.45) is 5.73 Å². The maximum atomic E-state index is 12.4. The summed E-state index contributed by atoms with van der Waals surface area (Å²) in [5, 5.41) is 9.61. The van der Waals surface area contributed by atoms with Crippen LogP contribution in [0.4, 0.5) is 0 Å². The number of nitrogens with two attached hydrogens (primary N) is 1. The Hall–Kier alpha value is -1.56. The van der Waals surface area contributed by atoms with Crippen molar-refractivity contribution in [3.63, 3.8) is 0 Å². The molecule has 1 heterocycles. The van der Waals surface area contributed by atoms with Crippen LogP contribution in [0.15, 0.2) is 22.7 Å². The number of benzene rings is 1. The third-order valence-corrected chi connectivity index (χ3v) is 3.96. The van der Waals surface area contributed by atoms with E-state index in [9.17, 15) is 14.7 Å². The molecular formula is C13H15BrN2O3. The number of amides is 2. The van der Waals surface area contributed by atoms with E-state index in [0.717, 1.165) is 12.8 Å². The fraction of sp³-hybridized carbons (Fsp3) is 0.385. The number of primary amides is 1. The Labute approximate surface area is 119 Å². The van der Waals surface area contributed by atoms with Gasteiger partial charge in [-0.15, -0.1) is 0 Å². The minimum atomic E-state index is -0.549. The normalized spacial score (nSPS) is 19.2. The van der Waals surface area contributed by atoms with Gasteiger partial charge >= 0.3 is 0 Å². The number of halogens is 1. The largest absolute Gasteiger partial charge is 0.507 e. The number of carbonyl (C=O) groups is 2. The molecule has 1 fully saturated rings. The number of hydrogen-bond acceptors (Lipinski definition) is 3. The highest BCUT2D eigenvalue weighted by Gasteiger charge is 2.31. The summed E-state index contributed by atoms with van der Waals surface area (Å²) in [6.45, 7) is 0.517. The number of hydrogen-bond donors (Lipinski definition) is 2. The van der Waals surface area contributed by atoms with Crippen molar-refractivity contribution in [2.75, 3.05) is 6.54 Å². The monoisotopic (exact) mass is 326 g/mol. The molecule has 1 aromatic carbocycles. The highest BCUT2D eigenvalue weighted by Crippen LogP contribution is 2.26. The van der Waals surface area contributed by atoms with Gasteiger partial charge in [0.25, 0.3) is 5.91 Å². The first-order valence-electron chi connectivity index (χ1n) is 6.09. The Morgan fingerprint density at radius 2 is 2.11 bits per heavy atom. The van der Waals surface area contributed by atoms with Crippen LogP contribution in [0.3, 0.4) is 0 Å². The van der Waals surface area contributed by atoms with Crippen LogP contribution in [0.25, 0.3) is 0 Å². The first-order chi connectivity index (χ1) is 9.00. The molecule has 2 rings (SSSR count). The van der Waals surface area contributed by atoms with Crippen molar-refractivity contribution >= 4 is 27.7 Å². The first-order valence-corrected chi connectivity index (χ1v) is 6.89. The van der Waals surface area contributed by atoms with Gasteiger partial charge in [-0.3, -0.25) is 9.59 Å². The van der Waals surface area contributed by atoms with Crippen molar-refractivity contribution in [1.82, 2.24) is 4.90 Å². The zero-order chi connectivity index (χ0) is 14.0. The molecule has 0 aliphatic carbocycles. The van der Waals surface area contributed by atoms with Crippen LogP contribution in [0.1, 0.15) is 29.6 Å². The van der Waals surface area contributed by atoms with E-state index in [0.29, 0.717) is 23.0 Å². The van der Waals surface area contributed by atoms with Gasteiger partial charge in [0.1, 0.15) is 11.8 Å². The number of phenols is 1. The van der Waals surface area contributed by atoms with Crippen molar-refractivity contribution in [3.8, 4) is 5.75 Å². The maximum Gasteiger partial charge on any atom is 0.254 e. The average molecular weight is 327 g/mol. The number of piperidine rings is 1. The van der Waals surface area contributed by atoms with E-state index in [1.165, 1.54) is 11.0 Å². The molecule has 3 N–H and O–H groups in total. The molecule has 1 atom stereocenters. The highest BCUT2D eigenvalue weighted by atomic mass is 79.9. The first kappa shape index (κ1) is 13.9. The lowest BCUT2D eigenvalue weighted by Gasteiger charge is -2.33. The molecule has 1 aliphatic rings. The van der Waals surface area contributed by atoms with Crippen molar-refractivity contribution in [2.45, 2.75) is 25.3 Å². The molecule has 5 nitrogen and oxygen atoms in total. The summed E-state index contributed by atoms with van der Waals surface area (Å²) in [6.07, 6.45) is 2.35. The van der Waals surface area contributed by atoms with Gasteiger partial charge in [0.2, 0.25) is 5.91 Å². The number of likely N-dealkylation sites (tertiary alicyclic amines) is 1. The quantitative estimate of drug-likeness (QED) is 0.866. The van der Waals surface area contributed by atoms with Crippen LogP contribution in [-0.4, -0.2) is 34.4 Å². The molecule has 0 aromatic heterocycles. The van der Waals surface area contributed by atoms with E-state index < -0.39 is 11.9 Å². The van der Waals surface area contributed by atoms with Gasteiger partial charge in [-0.05, 0) is 53.4 Å². The molecule has 1 aliphatic heterocycles. The smallest absolute Gasteiger partial charge is 0.254 e. The van der Waals surface area contributed by atoms with Crippen LogP contribution in [0.2, 0.25) is 0 Å². The zero-order valence-electron chi connectivity index (χ0n) is 10.3. The second-order valence-electron chi connectivity index (χ2n) is 4.58. The molecule has 0 radical (unpaired) electrons. The number of nitrogens with zero attached hydrogens (tertiary/aromatic N) is 1. The highest BCUT2D eigenvalue weighted by molar-refractivity contribution is 9.10. The van der Waals surface area contributed by atoms with Crippen LogP contribution >= 0.6 is 15.9 Å². The van der Waals surface area contributed by atoms with Crippen molar-refractivity contribution in [1.29, 1.82) is 0 Å². The standard InChI is InChI=1S/C13H15BrN2O3/c14-9-5-4-8(7-11(9)17)13(19)16-6-2-1-3-10(16)12(15)18/h4-5,7,10,17H,1-3,6H2,(H2,15,18). The average Bonchev–Trinajstić information content (AvgIpc) is 2.41. The minimum Gasteiger partial charge on any atom is -0.507 e. The van der Waals surface area contributed by atoms with Crippen molar-refractivity contribution in [3.05, 3.63) is 28.2 Å². The summed E-state index contributed by atoms with van der Waals surface area (Å²) in [7, 11) is 0. The summed E-state index contributed by atoms with van der Waals surface area (Å²) >= 11 is 3.16. The van der Waals surface area contributed by atoms with Gasteiger partial charge in [-0.1, -0.05) is 0 Å². The molecule has 1 aromatic rings. The van der Waals surface area contributed by atoms with Crippen LogP contribution in [-0.2, 0) is 4.79 Å². The Morgan fingerprint density at radius 3 is 2.74 bits per heavy atom. The van der Waals surface area contributed by atoms with E-state index in [1.54, 1.807) is 12.1 Å². The van der Waals surface area contributed by atoms with Crippen LogP contribution < -0.4 is 5.73 Å². The van der Waals surface area contributed by atoms with E-state index in [-0.39, 0.29) is 11.7 Å². The van der Waals surface area contributed by atoms with E-state index in [4.69, 9.17) is 5.73 Å². The Balaban J connectivity index is 2.26. The molecule has 2 amide bonds. The summed E-state index contributed by atoms with van der Waals surface area (Å²) in [6, 6.07) is 4.05. The number of aromatic hydroxyl groups is 1. The molecule has 19 heavy (non-hydrogen) atoms. The Kier molecular flexibility index (Phi) is 4.09. The lowest BCUT2D eigenvalue weighted by atomic mass is 10.0. The predicted molar refractivity (Wildman–Crippen MR) is 73.7 cm³/mol. The third-order valence-electron chi connectivity index (χ3n) is 3.29. The maximum absolute atomic E-state index is 12.4. The second-order valence-corrected chi connectivity index (χ2v) is 5.43. The summed E-state index contributed by atoms with van der Waals surface area (Å²) in [4.78, 5) is 25.3. The third kappa shape index (κ3) is 2.89. The van der Waals surface area contributed by atoms with Gasteiger partial charge in [0.05, 0.1) is 4.47 Å². The number of phenolic OH excluding ortho intramolecular Hbond substituents is 1. The fourth-order valence-electron chi connectivity index (χ4n) is 2.28. The Morgan fingerprint density at radius 1 is 1.37 bits per heavy atom. The topological polar surface area (TPSA) is 83.6 Å². The van der Waals surface area contributed by atoms with Gasteiger partial charge in [0.15, 0.2) is 0 Å². The number of carbonyl (C=O) groups excluding carboxylic acids is 2. The molecule has 6 heteroatoms. The fourth-order valence-corrected chi connectivity index (χ4v) is 2.53. The molecule has 0 spiro atoms. The molecular weight excluding hydrogens is 312 g/mol. The lowest BCUT2D eigenvalue weighted by molar-refractivity contribution is -0.123. The summed E-state index contributed by atoms with van der Waals surface area (Å²) in [5.41, 5.74) is 5.69. The summed E-state index contributed by atoms with van der Waals surface area (Å²) < 4.78 is 0.522. The van der Waals surface area contributed by atoms with Gasteiger partial charge in [-0.25, -0.2) is 0 Å². The van der Waals surface area contributed by atoms with Gasteiger partial charge in [-0.2, -0.15) is 0 Å². The molecule has 0 bridgehead atoms. The second kappa shape index (κ2) is 5.61. The summed E-state index contributed by atoms with van der Waals surface area (Å²) in [5.74, 6) is -0.751. The van der Waals surface area contributed by atoms with E-state index in [2.05, 4.69) is 15.9 Å². The molecule has 1 unspecified atom stereocenters. The lowest BCUT2D eigenvalue weighted by Crippen LogP contribution is -2.50. The number of rotatable bonds is 2. The molecule has 0 saturated carbocycles. The van der Waals surface area contributed by atoms with Crippen LogP contribution in [0, 0.1) is 0 Å². The molecule has 102 valence electrons. The molecule has 1 saturated heterocycles. The predicted octanol–water partition coefficient (Wildman–Crippen LogP) is 1.63. The van der Waals surface area contributed by atoms with Crippen molar-refractivity contribution < 1.29 is 14.7 Å².